The molecule has 1 aromatic rings. The topological polar surface area (TPSA) is 12.9 Å². The summed E-state index contributed by atoms with van der Waals surface area (Å²) < 4.78 is 0. The van der Waals surface area contributed by atoms with Crippen molar-refractivity contribution in [3.05, 3.63) is 29.6 Å². The molecule has 2 rings (SSSR count). The van der Waals surface area contributed by atoms with Gasteiger partial charge in [-0.2, -0.15) is 0 Å². The van der Waals surface area contributed by atoms with E-state index < -0.39 is 0 Å². The lowest BCUT2D eigenvalue weighted by Crippen LogP contribution is -2.17. The van der Waals surface area contributed by atoms with E-state index in [1.807, 2.05) is 6.20 Å². The normalized spacial score (nSPS) is 17.9. The molecule has 1 heterocycles. The Bertz CT molecular complexity index is 375. The zero-order valence-corrected chi connectivity index (χ0v) is 12.2. The van der Waals surface area contributed by atoms with Crippen molar-refractivity contribution in [2.45, 2.75) is 71.1 Å². The van der Waals surface area contributed by atoms with E-state index in [0.717, 1.165) is 5.92 Å². The van der Waals surface area contributed by atoms with E-state index in [-0.39, 0.29) is 5.41 Å². The third-order valence-electron chi connectivity index (χ3n) is 4.70. The largest absolute Gasteiger partial charge is 0.261 e. The summed E-state index contributed by atoms with van der Waals surface area (Å²) in [5.74, 6) is 0.881. The first-order chi connectivity index (χ1) is 8.62. The average molecular weight is 245 g/mol. The smallest absolute Gasteiger partial charge is 0.0409 e. The van der Waals surface area contributed by atoms with Gasteiger partial charge in [-0.3, -0.25) is 4.98 Å². The van der Waals surface area contributed by atoms with Gasteiger partial charge >= 0.3 is 0 Å². The van der Waals surface area contributed by atoms with Crippen molar-refractivity contribution < 1.29 is 0 Å². The highest BCUT2D eigenvalue weighted by atomic mass is 14.7. The maximum atomic E-state index is 4.58. The van der Waals surface area contributed by atoms with Crippen LogP contribution in [-0.4, -0.2) is 4.98 Å². The van der Waals surface area contributed by atoms with E-state index in [0.29, 0.717) is 0 Å². The second-order valence-electron chi connectivity index (χ2n) is 6.48. The Labute approximate surface area is 112 Å². The molecule has 0 amide bonds. The Kier molecular flexibility index (Phi) is 4.42. The van der Waals surface area contributed by atoms with E-state index in [4.69, 9.17) is 0 Å². The molecule has 0 spiro atoms. The van der Waals surface area contributed by atoms with Crippen LogP contribution in [0.15, 0.2) is 18.3 Å². The first-order valence-corrected chi connectivity index (χ1v) is 7.57. The first-order valence-electron chi connectivity index (χ1n) is 7.57. The molecule has 0 atom stereocenters. The Morgan fingerprint density at radius 1 is 1.22 bits per heavy atom. The van der Waals surface area contributed by atoms with Crippen molar-refractivity contribution in [3.8, 4) is 0 Å². The van der Waals surface area contributed by atoms with Crippen LogP contribution in [0.4, 0.5) is 0 Å². The molecule has 1 aliphatic rings. The summed E-state index contributed by atoms with van der Waals surface area (Å²) in [6.45, 7) is 6.92. The van der Waals surface area contributed by atoms with E-state index in [1.165, 1.54) is 56.2 Å². The summed E-state index contributed by atoms with van der Waals surface area (Å²) in [5.41, 5.74) is 3.04. The lowest BCUT2D eigenvalue weighted by molar-refractivity contribution is 0.354. The standard InChI is InChI=1S/C17H27N/c1-4-17(2,3)15-10-11-18-16(13-15)12-14-8-6-5-7-9-14/h10-11,13-14H,4-9,12H2,1-3H3. The minimum Gasteiger partial charge on any atom is -0.261 e. The summed E-state index contributed by atoms with van der Waals surface area (Å²) in [5, 5.41) is 0. The van der Waals surface area contributed by atoms with Gasteiger partial charge in [0.25, 0.3) is 0 Å². The predicted octanol–water partition coefficient (Wildman–Crippen LogP) is 4.89. The van der Waals surface area contributed by atoms with Gasteiger partial charge < -0.3 is 0 Å². The van der Waals surface area contributed by atoms with Gasteiger partial charge in [0, 0.05) is 11.9 Å². The summed E-state index contributed by atoms with van der Waals surface area (Å²) in [6, 6.07) is 4.53. The molecule has 0 aliphatic heterocycles. The van der Waals surface area contributed by atoms with E-state index in [2.05, 4.69) is 37.9 Å². The molecule has 1 nitrogen and oxygen atoms in total. The molecule has 0 unspecified atom stereocenters. The van der Waals surface area contributed by atoms with Gasteiger partial charge in [0.1, 0.15) is 0 Å². The van der Waals surface area contributed by atoms with Crippen molar-refractivity contribution in [1.82, 2.24) is 4.98 Å². The van der Waals surface area contributed by atoms with Gasteiger partial charge in [-0.15, -0.1) is 0 Å². The SMILES string of the molecule is CCC(C)(C)c1ccnc(CC2CCCCC2)c1. The van der Waals surface area contributed by atoms with Gasteiger partial charge in [0.2, 0.25) is 0 Å². The lowest BCUT2D eigenvalue weighted by Gasteiger charge is -2.25. The van der Waals surface area contributed by atoms with Crippen LogP contribution in [0.25, 0.3) is 0 Å². The summed E-state index contributed by atoms with van der Waals surface area (Å²) in [7, 11) is 0. The number of hydrogen-bond acceptors (Lipinski definition) is 1. The highest BCUT2D eigenvalue weighted by Crippen LogP contribution is 2.29. The molecular formula is C17H27N. The predicted molar refractivity (Wildman–Crippen MR) is 77.8 cm³/mol. The van der Waals surface area contributed by atoms with Crippen molar-refractivity contribution in [2.75, 3.05) is 0 Å². The molecular weight excluding hydrogens is 218 g/mol. The van der Waals surface area contributed by atoms with Crippen molar-refractivity contribution >= 4 is 0 Å². The molecule has 1 saturated carbocycles. The number of hydrogen-bond donors (Lipinski definition) is 0. The average Bonchev–Trinajstić information content (AvgIpc) is 2.40. The third kappa shape index (κ3) is 3.34. The lowest BCUT2D eigenvalue weighted by atomic mass is 9.81. The summed E-state index contributed by atoms with van der Waals surface area (Å²) in [4.78, 5) is 4.58. The molecule has 0 radical (unpaired) electrons. The zero-order valence-electron chi connectivity index (χ0n) is 12.2. The monoisotopic (exact) mass is 245 g/mol. The number of rotatable bonds is 4. The molecule has 0 N–H and O–H groups in total. The summed E-state index contributed by atoms with van der Waals surface area (Å²) in [6.07, 6.45) is 11.5. The molecule has 1 heteroatoms. The van der Waals surface area contributed by atoms with Gasteiger partial charge in [-0.05, 0) is 41.9 Å². The molecule has 100 valence electrons. The highest BCUT2D eigenvalue weighted by molar-refractivity contribution is 5.24. The molecule has 1 aromatic heterocycles. The van der Waals surface area contributed by atoms with Gasteiger partial charge in [-0.1, -0.05) is 52.9 Å². The fourth-order valence-electron chi connectivity index (χ4n) is 2.90. The number of nitrogens with zero attached hydrogens (tertiary/aromatic N) is 1. The molecule has 1 aliphatic carbocycles. The van der Waals surface area contributed by atoms with Crippen molar-refractivity contribution in [2.24, 2.45) is 5.92 Å². The maximum absolute atomic E-state index is 4.58. The van der Waals surface area contributed by atoms with Gasteiger partial charge in [0.05, 0.1) is 0 Å². The summed E-state index contributed by atoms with van der Waals surface area (Å²) >= 11 is 0. The van der Waals surface area contributed by atoms with Crippen LogP contribution in [0.1, 0.15) is 70.6 Å². The minimum absolute atomic E-state index is 0.282. The van der Waals surface area contributed by atoms with E-state index in [1.54, 1.807) is 0 Å². The molecule has 0 bridgehead atoms. The maximum Gasteiger partial charge on any atom is 0.0409 e. The van der Waals surface area contributed by atoms with Crippen molar-refractivity contribution in [3.63, 3.8) is 0 Å². The molecule has 0 aromatic carbocycles. The second kappa shape index (κ2) is 5.86. The van der Waals surface area contributed by atoms with Crippen molar-refractivity contribution in [1.29, 1.82) is 0 Å². The zero-order chi connectivity index (χ0) is 13.0. The molecule has 1 fully saturated rings. The number of aromatic nitrogens is 1. The van der Waals surface area contributed by atoms with E-state index in [9.17, 15) is 0 Å². The fourth-order valence-corrected chi connectivity index (χ4v) is 2.90. The molecule has 18 heavy (non-hydrogen) atoms. The van der Waals surface area contributed by atoms with Gasteiger partial charge in [0.15, 0.2) is 0 Å². The molecule has 0 saturated heterocycles. The van der Waals surface area contributed by atoms with Crippen LogP contribution >= 0.6 is 0 Å². The Morgan fingerprint density at radius 3 is 2.61 bits per heavy atom. The van der Waals surface area contributed by atoms with Crippen LogP contribution in [0, 0.1) is 5.92 Å². The Hall–Kier alpha value is -0.850. The minimum atomic E-state index is 0.282. The number of pyridine rings is 1. The fraction of sp³-hybridized carbons (Fsp3) is 0.706. The third-order valence-corrected chi connectivity index (χ3v) is 4.70. The quantitative estimate of drug-likeness (QED) is 0.736. The first kappa shape index (κ1) is 13.6. The van der Waals surface area contributed by atoms with Crippen LogP contribution in [0.5, 0.6) is 0 Å². The highest BCUT2D eigenvalue weighted by Gasteiger charge is 2.20. The Balaban J connectivity index is 2.07. The van der Waals surface area contributed by atoms with Crippen LogP contribution in [0.2, 0.25) is 0 Å². The van der Waals surface area contributed by atoms with E-state index >= 15 is 0 Å². The van der Waals surface area contributed by atoms with Gasteiger partial charge in [-0.25, -0.2) is 0 Å². The van der Waals surface area contributed by atoms with Crippen LogP contribution in [0.3, 0.4) is 0 Å². The van der Waals surface area contributed by atoms with Crippen LogP contribution < -0.4 is 0 Å². The second-order valence-corrected chi connectivity index (χ2v) is 6.48. The van der Waals surface area contributed by atoms with Crippen LogP contribution in [-0.2, 0) is 11.8 Å². The Morgan fingerprint density at radius 2 is 1.94 bits per heavy atom.